The topological polar surface area (TPSA) is 80.6 Å². The molecular formula is C20H23N3O4. The lowest BCUT2D eigenvalue weighted by Crippen LogP contribution is -2.43. The highest BCUT2D eigenvalue weighted by atomic mass is 16.5. The van der Waals surface area contributed by atoms with Crippen LogP contribution in [-0.4, -0.2) is 46.8 Å². The summed E-state index contributed by atoms with van der Waals surface area (Å²) < 4.78 is 6.74. The fourth-order valence-electron chi connectivity index (χ4n) is 3.30. The van der Waals surface area contributed by atoms with E-state index in [4.69, 9.17) is 4.74 Å². The number of aromatic nitrogens is 1. The van der Waals surface area contributed by atoms with Crippen LogP contribution >= 0.6 is 0 Å². The maximum Gasteiger partial charge on any atom is 0.271 e. The monoisotopic (exact) mass is 369 g/mol. The summed E-state index contributed by atoms with van der Waals surface area (Å²) >= 11 is 0. The van der Waals surface area contributed by atoms with Crippen molar-refractivity contribution in [3.63, 3.8) is 0 Å². The Hall–Kier alpha value is -3.09. The molecule has 1 aromatic heterocycles. The number of carbonyl (C=O) groups excluding carboxylic acids is 3. The van der Waals surface area contributed by atoms with Crippen LogP contribution in [0.3, 0.4) is 0 Å². The zero-order valence-electron chi connectivity index (χ0n) is 15.7. The standard InChI is InChI=1S/C20H23N3O4/c1-13(24)14-11-18(22(2)12-14)20(26)23-10-4-5-17(23)19(25)21-15-6-8-16(27-3)9-7-15/h6-9,11-12,17H,4-5,10H2,1-3H3,(H,21,25)/t17-/m0/s1. The van der Waals surface area contributed by atoms with Crippen molar-refractivity contribution in [1.29, 1.82) is 0 Å². The normalized spacial score (nSPS) is 16.3. The van der Waals surface area contributed by atoms with Crippen molar-refractivity contribution >= 4 is 23.3 Å². The second kappa shape index (κ2) is 7.65. The summed E-state index contributed by atoms with van der Waals surface area (Å²) in [6.07, 6.45) is 3.01. The summed E-state index contributed by atoms with van der Waals surface area (Å²) in [6, 6.07) is 8.10. The van der Waals surface area contributed by atoms with Gasteiger partial charge >= 0.3 is 0 Å². The SMILES string of the molecule is COc1ccc(NC(=O)[C@@H]2CCCN2C(=O)c2cc(C(C)=O)cn2C)cc1. The van der Waals surface area contributed by atoms with Crippen LogP contribution < -0.4 is 10.1 Å². The number of rotatable bonds is 5. The van der Waals surface area contributed by atoms with Gasteiger partial charge in [0.05, 0.1) is 7.11 Å². The van der Waals surface area contributed by atoms with Crippen LogP contribution in [0.15, 0.2) is 36.5 Å². The molecule has 1 atom stereocenters. The van der Waals surface area contributed by atoms with Crippen LogP contribution in [0, 0.1) is 0 Å². The molecular weight excluding hydrogens is 346 g/mol. The number of likely N-dealkylation sites (tertiary alicyclic amines) is 1. The second-order valence-electron chi connectivity index (χ2n) is 6.66. The highest BCUT2D eigenvalue weighted by Crippen LogP contribution is 2.23. The molecule has 1 saturated heterocycles. The quantitative estimate of drug-likeness (QED) is 0.821. The lowest BCUT2D eigenvalue weighted by atomic mass is 10.2. The van der Waals surface area contributed by atoms with Crippen molar-refractivity contribution in [3.05, 3.63) is 47.8 Å². The van der Waals surface area contributed by atoms with Gasteiger partial charge in [-0.1, -0.05) is 0 Å². The molecule has 1 N–H and O–H groups in total. The second-order valence-corrected chi connectivity index (χ2v) is 6.66. The summed E-state index contributed by atoms with van der Waals surface area (Å²) in [5.41, 5.74) is 1.54. The molecule has 3 rings (SSSR count). The third-order valence-electron chi connectivity index (χ3n) is 4.80. The average molecular weight is 369 g/mol. The molecule has 7 heteroatoms. The molecule has 0 unspecified atom stereocenters. The molecule has 2 amide bonds. The minimum absolute atomic E-state index is 0.0973. The van der Waals surface area contributed by atoms with Gasteiger partial charge in [-0.3, -0.25) is 14.4 Å². The number of ketones is 1. The number of carbonyl (C=O) groups is 3. The minimum atomic E-state index is -0.532. The first kappa shape index (κ1) is 18.7. The molecule has 1 aromatic carbocycles. The first-order chi connectivity index (χ1) is 12.9. The summed E-state index contributed by atoms with van der Waals surface area (Å²) in [5.74, 6) is 0.153. The zero-order valence-corrected chi connectivity index (χ0v) is 15.7. The van der Waals surface area contributed by atoms with E-state index in [1.807, 2.05) is 0 Å². The predicted octanol–water partition coefficient (Wildman–Crippen LogP) is 2.48. The Labute approximate surface area is 157 Å². The minimum Gasteiger partial charge on any atom is -0.497 e. The van der Waals surface area contributed by atoms with Crippen molar-refractivity contribution in [2.45, 2.75) is 25.8 Å². The van der Waals surface area contributed by atoms with Crippen molar-refractivity contribution in [2.75, 3.05) is 19.0 Å². The van der Waals surface area contributed by atoms with E-state index >= 15 is 0 Å². The molecule has 2 heterocycles. The molecule has 142 valence electrons. The smallest absolute Gasteiger partial charge is 0.271 e. The van der Waals surface area contributed by atoms with Crippen molar-refractivity contribution in [1.82, 2.24) is 9.47 Å². The van der Waals surface area contributed by atoms with Crippen LogP contribution in [0.4, 0.5) is 5.69 Å². The molecule has 0 spiro atoms. The molecule has 27 heavy (non-hydrogen) atoms. The zero-order chi connectivity index (χ0) is 19.6. The third-order valence-corrected chi connectivity index (χ3v) is 4.80. The first-order valence-electron chi connectivity index (χ1n) is 8.84. The van der Waals surface area contributed by atoms with E-state index < -0.39 is 6.04 Å². The van der Waals surface area contributed by atoms with Crippen molar-refractivity contribution in [2.24, 2.45) is 7.05 Å². The van der Waals surface area contributed by atoms with Gasteiger partial charge in [-0.15, -0.1) is 0 Å². The van der Waals surface area contributed by atoms with Gasteiger partial charge in [0.25, 0.3) is 5.91 Å². The number of amides is 2. The number of anilines is 1. The maximum absolute atomic E-state index is 13.0. The van der Waals surface area contributed by atoms with E-state index in [1.54, 1.807) is 60.2 Å². The number of methoxy groups -OCH3 is 1. The summed E-state index contributed by atoms with van der Waals surface area (Å²) in [4.78, 5) is 38.8. The molecule has 0 saturated carbocycles. The molecule has 7 nitrogen and oxygen atoms in total. The number of ether oxygens (including phenoxy) is 1. The number of hydrogen-bond donors (Lipinski definition) is 1. The molecule has 0 radical (unpaired) electrons. The van der Waals surface area contributed by atoms with Gasteiger partial charge in [-0.25, -0.2) is 0 Å². The number of hydrogen-bond acceptors (Lipinski definition) is 4. The Morgan fingerprint density at radius 3 is 2.48 bits per heavy atom. The fourth-order valence-corrected chi connectivity index (χ4v) is 3.30. The fraction of sp³-hybridized carbons (Fsp3) is 0.350. The van der Waals surface area contributed by atoms with Crippen LogP contribution in [0.5, 0.6) is 5.75 Å². The summed E-state index contributed by atoms with van der Waals surface area (Å²) in [7, 11) is 3.30. The van der Waals surface area contributed by atoms with E-state index in [0.29, 0.717) is 35.7 Å². The lowest BCUT2D eigenvalue weighted by Gasteiger charge is -2.24. The van der Waals surface area contributed by atoms with Crippen LogP contribution in [0.1, 0.15) is 40.6 Å². The van der Waals surface area contributed by atoms with Crippen LogP contribution in [-0.2, 0) is 11.8 Å². The van der Waals surface area contributed by atoms with Gasteiger partial charge in [-0.2, -0.15) is 0 Å². The van der Waals surface area contributed by atoms with Crippen LogP contribution in [0.2, 0.25) is 0 Å². The molecule has 2 aromatic rings. The van der Waals surface area contributed by atoms with E-state index in [1.165, 1.54) is 6.92 Å². The maximum atomic E-state index is 13.0. The first-order valence-corrected chi connectivity index (χ1v) is 8.84. The van der Waals surface area contributed by atoms with Gasteiger partial charge in [0.15, 0.2) is 5.78 Å². The molecule has 1 aliphatic rings. The van der Waals surface area contributed by atoms with Gasteiger partial charge in [0.2, 0.25) is 5.91 Å². The number of aryl methyl sites for hydroxylation is 1. The van der Waals surface area contributed by atoms with Gasteiger partial charge in [-0.05, 0) is 50.1 Å². The Bertz CT molecular complexity index is 870. The number of nitrogens with zero attached hydrogens (tertiary/aromatic N) is 2. The Balaban J connectivity index is 1.74. The predicted molar refractivity (Wildman–Crippen MR) is 101 cm³/mol. The third kappa shape index (κ3) is 3.86. The van der Waals surface area contributed by atoms with Gasteiger partial charge in [0, 0.05) is 31.0 Å². The lowest BCUT2D eigenvalue weighted by molar-refractivity contribution is -0.119. The van der Waals surface area contributed by atoms with E-state index in [2.05, 4.69) is 5.32 Å². The highest BCUT2D eigenvalue weighted by molar-refractivity contribution is 6.03. The number of Topliss-reactive ketones (excluding diaryl/α,β-unsaturated/α-hetero) is 1. The van der Waals surface area contributed by atoms with E-state index in [9.17, 15) is 14.4 Å². The Morgan fingerprint density at radius 2 is 1.89 bits per heavy atom. The van der Waals surface area contributed by atoms with E-state index in [0.717, 1.165) is 6.42 Å². The summed E-state index contributed by atoms with van der Waals surface area (Å²) in [5, 5.41) is 2.86. The van der Waals surface area contributed by atoms with Gasteiger partial charge < -0.3 is 19.5 Å². The molecule has 1 fully saturated rings. The molecule has 0 bridgehead atoms. The molecule has 1 aliphatic heterocycles. The Morgan fingerprint density at radius 1 is 1.19 bits per heavy atom. The number of nitrogens with one attached hydrogen (secondary N) is 1. The Kier molecular flexibility index (Phi) is 5.30. The summed E-state index contributed by atoms with van der Waals surface area (Å²) in [6.45, 7) is 1.98. The van der Waals surface area contributed by atoms with Crippen LogP contribution in [0.25, 0.3) is 0 Å². The largest absolute Gasteiger partial charge is 0.497 e. The van der Waals surface area contributed by atoms with Gasteiger partial charge in [0.1, 0.15) is 17.5 Å². The van der Waals surface area contributed by atoms with Crippen molar-refractivity contribution in [3.8, 4) is 5.75 Å². The highest BCUT2D eigenvalue weighted by Gasteiger charge is 2.35. The average Bonchev–Trinajstić information content (AvgIpc) is 3.28. The van der Waals surface area contributed by atoms with Crippen molar-refractivity contribution < 1.29 is 19.1 Å². The number of benzene rings is 1. The van der Waals surface area contributed by atoms with E-state index in [-0.39, 0.29) is 17.6 Å². The molecule has 0 aliphatic carbocycles.